The van der Waals surface area contributed by atoms with Crippen LogP contribution in [0, 0.1) is 11.7 Å². The Balaban J connectivity index is 1.79. The first-order valence-electron chi connectivity index (χ1n) is 10.7. The van der Waals surface area contributed by atoms with E-state index in [0.29, 0.717) is 18.9 Å². The Bertz CT molecular complexity index is 1210. The molecule has 1 atom stereocenters. The zero-order chi connectivity index (χ0) is 23.7. The van der Waals surface area contributed by atoms with E-state index in [4.69, 9.17) is 15.4 Å². The Morgan fingerprint density at radius 3 is 2.70 bits per heavy atom. The number of nitrogens with two attached hydrogens (primary N) is 1. The van der Waals surface area contributed by atoms with E-state index in [9.17, 15) is 14.7 Å². The molecule has 3 heterocycles. The summed E-state index contributed by atoms with van der Waals surface area (Å²) in [6.07, 6.45) is 2.94. The van der Waals surface area contributed by atoms with Gasteiger partial charge in [-0.1, -0.05) is 10.3 Å². The maximum Gasteiger partial charge on any atom is 0.341 e. The second kappa shape index (κ2) is 9.04. The molecule has 0 radical (unpaired) electrons. The number of halogens is 1. The highest BCUT2D eigenvalue weighted by atomic mass is 19.1. The van der Waals surface area contributed by atoms with Crippen LogP contribution in [0.4, 0.5) is 10.2 Å². The van der Waals surface area contributed by atoms with E-state index in [2.05, 4.69) is 15.3 Å². The quantitative estimate of drug-likeness (QED) is 0.344. The average molecular weight is 460 g/mol. The minimum atomic E-state index is -1.36. The molecule has 1 saturated carbocycles. The summed E-state index contributed by atoms with van der Waals surface area (Å²) in [6, 6.07) is 1.07. The van der Waals surface area contributed by atoms with E-state index in [0.717, 1.165) is 18.9 Å². The van der Waals surface area contributed by atoms with Gasteiger partial charge in [0.1, 0.15) is 30.3 Å². The van der Waals surface area contributed by atoms with Crippen LogP contribution in [0.2, 0.25) is 0 Å². The fraction of sp³-hybridized carbons (Fsp3) is 0.476. The number of aromatic nitrogens is 2. The van der Waals surface area contributed by atoms with Crippen LogP contribution in [-0.4, -0.2) is 58.5 Å². The van der Waals surface area contributed by atoms with Crippen LogP contribution in [-0.2, 0) is 9.68 Å². The second-order valence-corrected chi connectivity index (χ2v) is 7.85. The number of carbonyl (C=O) groups is 1. The van der Waals surface area contributed by atoms with Gasteiger partial charge in [0.15, 0.2) is 11.6 Å². The molecule has 12 heteroatoms. The largest absolute Gasteiger partial charge is 0.477 e. The number of fused-ring (bicyclic) bond motifs is 1. The number of carboxylic acid groups (broad SMARTS) is 1. The third-order valence-corrected chi connectivity index (χ3v) is 5.53. The Kier molecular flexibility index (Phi) is 6.16. The van der Waals surface area contributed by atoms with Gasteiger partial charge in [-0.3, -0.25) is 4.79 Å². The van der Waals surface area contributed by atoms with Gasteiger partial charge in [-0.25, -0.2) is 14.2 Å². The number of carboxylic acids is 1. The van der Waals surface area contributed by atoms with Crippen LogP contribution in [0.25, 0.3) is 11.0 Å². The maximum atomic E-state index is 15.2. The predicted molar refractivity (Wildman–Crippen MR) is 119 cm³/mol. The van der Waals surface area contributed by atoms with Crippen molar-refractivity contribution in [3.05, 3.63) is 33.9 Å². The highest BCUT2D eigenvalue weighted by Crippen LogP contribution is 2.37. The summed E-state index contributed by atoms with van der Waals surface area (Å²) < 4.78 is 16.8. The molecule has 4 rings (SSSR count). The van der Waals surface area contributed by atoms with Crippen LogP contribution in [0.1, 0.15) is 43.1 Å². The van der Waals surface area contributed by atoms with Gasteiger partial charge in [-0.15, -0.1) is 0 Å². The normalized spacial score (nSPS) is 20.0. The van der Waals surface area contributed by atoms with Crippen molar-refractivity contribution in [3.8, 4) is 0 Å². The van der Waals surface area contributed by atoms with E-state index in [1.165, 1.54) is 6.20 Å². The first-order chi connectivity index (χ1) is 15.8. The van der Waals surface area contributed by atoms with Gasteiger partial charge in [-0.05, 0) is 32.8 Å². The molecular weight excluding hydrogens is 435 g/mol. The monoisotopic (exact) mass is 460 g/mol. The highest BCUT2D eigenvalue weighted by molar-refractivity contribution is 6.10. The number of hydrogen-bond donors (Lipinski definition) is 2. The van der Waals surface area contributed by atoms with Crippen LogP contribution < -0.4 is 16.1 Å². The number of amidine groups is 1. The molecule has 2 aliphatic rings. The summed E-state index contributed by atoms with van der Waals surface area (Å²) in [4.78, 5) is 40.5. The molecule has 0 spiro atoms. The molecule has 11 nitrogen and oxygen atoms in total. The summed E-state index contributed by atoms with van der Waals surface area (Å²) in [5, 5.41) is 17.3. The van der Waals surface area contributed by atoms with Gasteiger partial charge >= 0.3 is 5.97 Å². The van der Waals surface area contributed by atoms with Crippen molar-refractivity contribution in [3.63, 3.8) is 0 Å². The molecule has 2 aromatic rings. The van der Waals surface area contributed by atoms with Gasteiger partial charge in [0.2, 0.25) is 5.43 Å². The summed E-state index contributed by atoms with van der Waals surface area (Å²) in [5.74, 6) is -2.39. The first-order valence-corrected chi connectivity index (χ1v) is 10.7. The van der Waals surface area contributed by atoms with Crippen molar-refractivity contribution in [2.45, 2.75) is 32.7 Å². The molecule has 0 bridgehead atoms. The Morgan fingerprint density at radius 1 is 1.33 bits per heavy atom. The molecule has 2 fully saturated rings. The molecule has 33 heavy (non-hydrogen) atoms. The third-order valence-electron chi connectivity index (χ3n) is 5.53. The Hall–Kier alpha value is -3.70. The lowest BCUT2D eigenvalue weighted by molar-refractivity contribution is 0.0695. The van der Waals surface area contributed by atoms with Crippen molar-refractivity contribution in [1.82, 2.24) is 9.55 Å². The second-order valence-electron chi connectivity index (χ2n) is 7.85. The van der Waals surface area contributed by atoms with Crippen molar-refractivity contribution in [2.75, 3.05) is 31.2 Å². The molecule has 1 saturated heterocycles. The van der Waals surface area contributed by atoms with Gasteiger partial charge in [0.25, 0.3) is 0 Å². The molecule has 1 unspecified atom stereocenters. The third kappa shape index (κ3) is 4.32. The van der Waals surface area contributed by atoms with E-state index >= 15 is 4.39 Å². The van der Waals surface area contributed by atoms with Crippen LogP contribution in [0.15, 0.2) is 27.4 Å². The minimum Gasteiger partial charge on any atom is -0.477 e. The molecule has 1 aliphatic carbocycles. The van der Waals surface area contributed by atoms with Crippen molar-refractivity contribution >= 4 is 34.4 Å². The van der Waals surface area contributed by atoms with Gasteiger partial charge < -0.3 is 30.0 Å². The zero-order valence-corrected chi connectivity index (χ0v) is 18.3. The SMILES string of the molecule is CCO/N=C(/N)C1CN(c2nc3c(cc2F)c(=O)c(C(=O)O)cn3C2CC2)C/C1=N/OCC. The number of oxime groups is 2. The van der Waals surface area contributed by atoms with Crippen molar-refractivity contribution in [1.29, 1.82) is 0 Å². The number of rotatable bonds is 8. The van der Waals surface area contributed by atoms with E-state index < -0.39 is 28.7 Å². The Morgan fingerprint density at radius 2 is 2.06 bits per heavy atom. The van der Waals surface area contributed by atoms with E-state index in [1.54, 1.807) is 23.3 Å². The summed E-state index contributed by atoms with van der Waals surface area (Å²) >= 11 is 0. The maximum absolute atomic E-state index is 15.2. The molecule has 1 aliphatic heterocycles. The summed E-state index contributed by atoms with van der Waals surface area (Å²) in [5.41, 5.74) is 5.69. The summed E-state index contributed by atoms with van der Waals surface area (Å²) in [6.45, 7) is 4.66. The molecule has 176 valence electrons. The highest BCUT2D eigenvalue weighted by Gasteiger charge is 2.36. The van der Waals surface area contributed by atoms with E-state index in [1.807, 2.05) is 0 Å². The average Bonchev–Trinajstić information content (AvgIpc) is 3.55. The lowest BCUT2D eigenvalue weighted by Gasteiger charge is -2.19. The smallest absolute Gasteiger partial charge is 0.341 e. The van der Waals surface area contributed by atoms with Crippen molar-refractivity contribution < 1.29 is 24.0 Å². The first kappa shape index (κ1) is 22.5. The molecule has 0 aromatic carbocycles. The molecule has 3 N–H and O–H groups in total. The number of nitrogens with zero attached hydrogens (tertiary/aromatic N) is 5. The number of pyridine rings is 2. The van der Waals surface area contributed by atoms with Crippen LogP contribution in [0.3, 0.4) is 0 Å². The zero-order valence-electron chi connectivity index (χ0n) is 18.3. The van der Waals surface area contributed by atoms with Gasteiger partial charge in [0.05, 0.1) is 23.6 Å². The lowest BCUT2D eigenvalue weighted by Crippen LogP contribution is -2.31. The van der Waals surface area contributed by atoms with Crippen molar-refractivity contribution in [2.24, 2.45) is 22.0 Å². The van der Waals surface area contributed by atoms with Gasteiger partial charge in [0, 0.05) is 18.8 Å². The summed E-state index contributed by atoms with van der Waals surface area (Å²) in [7, 11) is 0. The number of hydrogen-bond acceptors (Lipinski definition) is 8. The topological polar surface area (TPSA) is 145 Å². The van der Waals surface area contributed by atoms with Crippen LogP contribution >= 0.6 is 0 Å². The standard InChI is InChI=1S/C21H25FN6O5/c1-3-32-25-16-10-27(8-13(16)18(23)26-33-4-2)20-15(22)7-12-17(29)14(21(30)31)9-28(11-5-6-11)19(12)24-20/h7,9,11,13H,3-6,8,10H2,1-2H3,(H2,23,26)(H,30,31)/b25-16-. The molecular formula is C21H25FN6O5. The fourth-order valence-corrected chi connectivity index (χ4v) is 3.81. The number of aromatic carboxylic acids is 1. The molecule has 2 aromatic heterocycles. The fourth-order valence-electron chi connectivity index (χ4n) is 3.81. The molecule has 0 amide bonds. The van der Waals surface area contributed by atoms with Crippen LogP contribution in [0.5, 0.6) is 0 Å². The van der Waals surface area contributed by atoms with Gasteiger partial charge in [-0.2, -0.15) is 0 Å². The minimum absolute atomic E-state index is 0.00952. The number of anilines is 1. The Labute approximate surface area is 188 Å². The predicted octanol–water partition coefficient (Wildman–Crippen LogP) is 1.71. The lowest BCUT2D eigenvalue weighted by atomic mass is 10.1. The van der Waals surface area contributed by atoms with E-state index in [-0.39, 0.29) is 41.8 Å².